The smallest absolute Gasteiger partial charge is 0.335 e. The molecule has 2 rings (SSSR count). The second kappa shape index (κ2) is 6.10. The van der Waals surface area contributed by atoms with E-state index in [2.05, 4.69) is 5.32 Å². The van der Waals surface area contributed by atoms with E-state index in [1.165, 1.54) is 0 Å². The number of anilines is 1. The van der Waals surface area contributed by atoms with E-state index < -0.39 is 5.97 Å². The minimum atomic E-state index is -0.907. The van der Waals surface area contributed by atoms with Crippen LogP contribution in [0.1, 0.15) is 21.5 Å². The van der Waals surface area contributed by atoms with Crippen LogP contribution < -0.4 is 10.1 Å². The summed E-state index contributed by atoms with van der Waals surface area (Å²) < 4.78 is 5.16. The second-order valence-electron chi connectivity index (χ2n) is 4.54. The van der Waals surface area contributed by atoms with Gasteiger partial charge in [0.2, 0.25) is 0 Å². The van der Waals surface area contributed by atoms with Crippen molar-refractivity contribution in [3.63, 3.8) is 0 Å². The molecule has 2 N–H and O–H groups in total. The lowest BCUT2D eigenvalue weighted by molar-refractivity contribution is 0.0697. The molecule has 0 saturated heterocycles. The van der Waals surface area contributed by atoms with E-state index >= 15 is 0 Å². The minimum Gasteiger partial charge on any atom is -0.497 e. The number of methoxy groups -OCH3 is 1. The van der Waals surface area contributed by atoms with Crippen molar-refractivity contribution in [2.24, 2.45) is 0 Å². The van der Waals surface area contributed by atoms with Crippen LogP contribution in [0.3, 0.4) is 0 Å². The first-order valence-corrected chi connectivity index (χ1v) is 6.31. The molecule has 0 radical (unpaired) electrons. The Bertz CT molecular complexity index is 606. The molecule has 0 spiro atoms. The van der Waals surface area contributed by atoms with Gasteiger partial charge in [0.1, 0.15) is 5.75 Å². The molecule has 0 aromatic heterocycles. The predicted molar refractivity (Wildman–Crippen MR) is 78.5 cm³/mol. The summed E-state index contributed by atoms with van der Waals surface area (Å²) in [6.45, 7) is 2.66. The number of rotatable bonds is 5. The van der Waals surface area contributed by atoms with Gasteiger partial charge >= 0.3 is 5.97 Å². The van der Waals surface area contributed by atoms with Gasteiger partial charge in [-0.15, -0.1) is 0 Å². The molecule has 0 saturated carbocycles. The van der Waals surface area contributed by atoms with Gasteiger partial charge in [0.05, 0.1) is 12.7 Å². The minimum absolute atomic E-state index is 0.300. The predicted octanol–water partition coefficient (Wildman–Crippen LogP) is 3.31. The Labute approximate surface area is 118 Å². The van der Waals surface area contributed by atoms with Crippen LogP contribution in [0.5, 0.6) is 5.75 Å². The summed E-state index contributed by atoms with van der Waals surface area (Å²) in [5.41, 5.74) is 3.47. The van der Waals surface area contributed by atoms with E-state index in [-0.39, 0.29) is 0 Å². The van der Waals surface area contributed by atoms with Crippen LogP contribution in [-0.4, -0.2) is 18.2 Å². The summed E-state index contributed by atoms with van der Waals surface area (Å²) in [6, 6.07) is 12.7. The molecule has 0 unspecified atom stereocenters. The van der Waals surface area contributed by atoms with Crippen molar-refractivity contribution >= 4 is 11.7 Å². The zero-order chi connectivity index (χ0) is 14.5. The van der Waals surface area contributed by atoms with Crippen molar-refractivity contribution in [2.45, 2.75) is 13.5 Å². The van der Waals surface area contributed by atoms with Crippen molar-refractivity contribution in [1.82, 2.24) is 0 Å². The lowest BCUT2D eigenvalue weighted by Crippen LogP contribution is -2.02. The van der Waals surface area contributed by atoms with E-state index in [1.807, 2.05) is 37.3 Å². The number of hydrogen-bond donors (Lipinski definition) is 2. The normalized spacial score (nSPS) is 10.1. The Balaban J connectivity index is 2.03. The average molecular weight is 271 g/mol. The van der Waals surface area contributed by atoms with Crippen LogP contribution in [0.2, 0.25) is 0 Å². The fraction of sp³-hybridized carbons (Fsp3) is 0.188. The topological polar surface area (TPSA) is 58.6 Å². The zero-order valence-electron chi connectivity index (χ0n) is 11.5. The van der Waals surface area contributed by atoms with Crippen molar-refractivity contribution in [3.05, 3.63) is 59.2 Å². The number of ether oxygens (including phenoxy) is 1. The summed E-state index contributed by atoms with van der Waals surface area (Å²) >= 11 is 0. The van der Waals surface area contributed by atoms with Crippen molar-refractivity contribution < 1.29 is 14.6 Å². The molecular formula is C16H17NO3. The van der Waals surface area contributed by atoms with E-state index in [0.717, 1.165) is 22.6 Å². The Kier molecular flexibility index (Phi) is 4.25. The Morgan fingerprint density at radius 3 is 2.45 bits per heavy atom. The third-order valence-corrected chi connectivity index (χ3v) is 3.12. The molecule has 2 aromatic carbocycles. The van der Waals surface area contributed by atoms with Gasteiger partial charge in [-0.2, -0.15) is 0 Å². The number of nitrogens with one attached hydrogen (secondary N) is 1. The summed E-state index contributed by atoms with van der Waals surface area (Å²) in [4.78, 5) is 10.8. The molecule has 0 fully saturated rings. The lowest BCUT2D eigenvalue weighted by Gasteiger charge is -2.11. The molecule has 0 bridgehead atoms. The van der Waals surface area contributed by atoms with Gasteiger partial charge < -0.3 is 15.2 Å². The molecule has 0 atom stereocenters. The SMILES string of the molecule is COc1ccc(NCc2ccc(C(=O)O)cc2)c(C)c1. The number of hydrogen-bond acceptors (Lipinski definition) is 3. The third-order valence-electron chi connectivity index (χ3n) is 3.12. The summed E-state index contributed by atoms with van der Waals surface area (Å²) in [6.07, 6.45) is 0. The van der Waals surface area contributed by atoms with Crippen molar-refractivity contribution in [1.29, 1.82) is 0 Å². The van der Waals surface area contributed by atoms with Crippen LogP contribution in [0.15, 0.2) is 42.5 Å². The van der Waals surface area contributed by atoms with E-state index in [9.17, 15) is 4.79 Å². The summed E-state index contributed by atoms with van der Waals surface area (Å²) in [7, 11) is 1.64. The number of aromatic carboxylic acids is 1. The van der Waals surface area contributed by atoms with Gasteiger partial charge in [0.25, 0.3) is 0 Å². The highest BCUT2D eigenvalue weighted by Gasteiger charge is 2.03. The molecule has 0 amide bonds. The van der Waals surface area contributed by atoms with Gasteiger partial charge in [-0.25, -0.2) is 4.79 Å². The Hall–Kier alpha value is -2.49. The molecule has 0 aliphatic heterocycles. The standard InChI is InChI=1S/C16H17NO3/c1-11-9-14(20-2)7-8-15(11)17-10-12-3-5-13(6-4-12)16(18)19/h3-9,17H,10H2,1-2H3,(H,18,19). The first kappa shape index (κ1) is 13.9. The van der Waals surface area contributed by atoms with Gasteiger partial charge in [-0.05, 0) is 48.4 Å². The molecule has 4 nitrogen and oxygen atoms in total. The maximum Gasteiger partial charge on any atom is 0.335 e. The highest BCUT2D eigenvalue weighted by Crippen LogP contribution is 2.21. The van der Waals surface area contributed by atoms with Gasteiger partial charge in [-0.1, -0.05) is 12.1 Å². The van der Waals surface area contributed by atoms with Gasteiger partial charge in [0.15, 0.2) is 0 Å². The van der Waals surface area contributed by atoms with Crippen LogP contribution in [-0.2, 0) is 6.54 Å². The summed E-state index contributed by atoms with van der Waals surface area (Å²) in [5, 5.41) is 12.2. The van der Waals surface area contributed by atoms with E-state index in [4.69, 9.17) is 9.84 Å². The monoisotopic (exact) mass is 271 g/mol. The fourth-order valence-corrected chi connectivity index (χ4v) is 1.92. The first-order valence-electron chi connectivity index (χ1n) is 6.31. The average Bonchev–Trinajstić information content (AvgIpc) is 2.46. The largest absolute Gasteiger partial charge is 0.497 e. The Morgan fingerprint density at radius 2 is 1.90 bits per heavy atom. The molecule has 2 aromatic rings. The van der Waals surface area contributed by atoms with E-state index in [1.54, 1.807) is 19.2 Å². The highest BCUT2D eigenvalue weighted by atomic mass is 16.5. The van der Waals surface area contributed by atoms with Gasteiger partial charge in [-0.3, -0.25) is 0 Å². The fourth-order valence-electron chi connectivity index (χ4n) is 1.92. The van der Waals surface area contributed by atoms with Crippen LogP contribution >= 0.6 is 0 Å². The number of aryl methyl sites for hydroxylation is 1. The number of carboxylic acids is 1. The molecule has 0 aliphatic rings. The van der Waals surface area contributed by atoms with Crippen LogP contribution in [0.4, 0.5) is 5.69 Å². The molecule has 4 heteroatoms. The lowest BCUT2D eigenvalue weighted by atomic mass is 10.1. The molecule has 0 heterocycles. The first-order chi connectivity index (χ1) is 9.60. The second-order valence-corrected chi connectivity index (χ2v) is 4.54. The highest BCUT2D eigenvalue weighted by molar-refractivity contribution is 5.87. The maximum atomic E-state index is 10.8. The molecule has 0 aliphatic carbocycles. The van der Waals surface area contributed by atoms with E-state index in [0.29, 0.717) is 12.1 Å². The maximum absolute atomic E-state index is 10.8. The zero-order valence-corrected chi connectivity index (χ0v) is 11.5. The van der Waals surface area contributed by atoms with Gasteiger partial charge in [0, 0.05) is 12.2 Å². The Morgan fingerprint density at radius 1 is 1.20 bits per heavy atom. The van der Waals surface area contributed by atoms with Crippen molar-refractivity contribution in [3.8, 4) is 5.75 Å². The number of benzene rings is 2. The number of carboxylic acid groups (broad SMARTS) is 1. The molecular weight excluding hydrogens is 254 g/mol. The quantitative estimate of drug-likeness (QED) is 0.876. The van der Waals surface area contributed by atoms with Crippen LogP contribution in [0.25, 0.3) is 0 Å². The number of carbonyl (C=O) groups is 1. The summed E-state index contributed by atoms with van der Waals surface area (Å²) in [5.74, 6) is -0.0747. The van der Waals surface area contributed by atoms with Crippen LogP contribution in [0, 0.1) is 6.92 Å². The third kappa shape index (κ3) is 3.29. The molecule has 104 valence electrons. The molecule has 20 heavy (non-hydrogen) atoms. The van der Waals surface area contributed by atoms with Crippen molar-refractivity contribution in [2.75, 3.05) is 12.4 Å².